The predicted molar refractivity (Wildman–Crippen MR) is 74.7 cm³/mol. The van der Waals surface area contributed by atoms with E-state index in [0.29, 0.717) is 11.3 Å². The largest absolute Gasteiger partial charge is 0.362 e. The van der Waals surface area contributed by atoms with Gasteiger partial charge in [0, 0.05) is 11.3 Å². The number of H-pyrrole nitrogens is 1. The van der Waals surface area contributed by atoms with Gasteiger partial charge in [0.25, 0.3) is 5.91 Å². The first-order valence-corrected chi connectivity index (χ1v) is 6.08. The first kappa shape index (κ1) is 14.7. The molecule has 0 bridgehead atoms. The van der Waals surface area contributed by atoms with Crippen LogP contribution in [-0.4, -0.2) is 26.8 Å². The van der Waals surface area contributed by atoms with Gasteiger partial charge in [0.05, 0.1) is 0 Å². The highest BCUT2D eigenvalue weighted by molar-refractivity contribution is 6.35. The number of nitrogens with one attached hydrogen (secondary N) is 2. The van der Waals surface area contributed by atoms with Crippen molar-refractivity contribution in [3.05, 3.63) is 50.7 Å². The molecule has 108 valence electrons. The van der Waals surface area contributed by atoms with E-state index in [1.807, 2.05) is 0 Å². The molecule has 0 aliphatic heterocycles. The molecular formula is C12H9ClN4O4. The van der Waals surface area contributed by atoms with E-state index in [2.05, 4.69) is 15.5 Å². The lowest BCUT2D eigenvalue weighted by Crippen LogP contribution is -2.13. The van der Waals surface area contributed by atoms with Crippen LogP contribution in [0.3, 0.4) is 0 Å². The molecule has 2 aromatic rings. The standard InChI is InChI=1S/C12H9ClN4O4/c1-6(18)7-2-4-8(5-3-7)14-12(19)10-9(13)11(16-15-10)17(20)21/h2-5H,1H3,(H,14,19)(H,15,16). The summed E-state index contributed by atoms with van der Waals surface area (Å²) in [5.41, 5.74) is 0.632. The molecule has 1 amide bonds. The fraction of sp³-hybridized carbons (Fsp3) is 0.0833. The molecule has 0 atom stereocenters. The van der Waals surface area contributed by atoms with Crippen molar-refractivity contribution < 1.29 is 14.5 Å². The Bertz CT molecular complexity index is 723. The topological polar surface area (TPSA) is 118 Å². The predicted octanol–water partition coefficient (Wildman–Crippen LogP) is 2.43. The van der Waals surface area contributed by atoms with Gasteiger partial charge >= 0.3 is 5.82 Å². The number of rotatable bonds is 4. The van der Waals surface area contributed by atoms with Crippen LogP contribution in [-0.2, 0) is 0 Å². The van der Waals surface area contributed by atoms with Crippen LogP contribution >= 0.6 is 11.6 Å². The van der Waals surface area contributed by atoms with Crippen molar-refractivity contribution in [2.75, 3.05) is 5.32 Å². The molecule has 0 spiro atoms. The number of anilines is 1. The Kier molecular flexibility index (Phi) is 3.99. The van der Waals surface area contributed by atoms with Crippen LogP contribution in [0.4, 0.5) is 11.5 Å². The summed E-state index contributed by atoms with van der Waals surface area (Å²) in [4.78, 5) is 32.9. The number of hydrogen-bond acceptors (Lipinski definition) is 5. The summed E-state index contributed by atoms with van der Waals surface area (Å²) in [5, 5.41) is 18.3. The number of aromatic nitrogens is 2. The number of carbonyl (C=O) groups excluding carboxylic acids is 2. The zero-order chi connectivity index (χ0) is 15.6. The van der Waals surface area contributed by atoms with Gasteiger partial charge in [-0.1, -0.05) is 16.7 Å². The van der Waals surface area contributed by atoms with E-state index < -0.39 is 16.6 Å². The summed E-state index contributed by atoms with van der Waals surface area (Å²) in [7, 11) is 0. The maximum atomic E-state index is 11.9. The van der Waals surface area contributed by atoms with Crippen LogP contribution in [0, 0.1) is 10.1 Å². The van der Waals surface area contributed by atoms with Gasteiger partial charge in [0.1, 0.15) is 0 Å². The second-order valence-corrected chi connectivity index (χ2v) is 4.46. The van der Waals surface area contributed by atoms with Crippen molar-refractivity contribution in [3.63, 3.8) is 0 Å². The summed E-state index contributed by atoms with van der Waals surface area (Å²) in [6.07, 6.45) is 0. The van der Waals surface area contributed by atoms with E-state index in [0.717, 1.165) is 0 Å². The number of halogens is 1. The Hall–Kier alpha value is -2.74. The summed E-state index contributed by atoms with van der Waals surface area (Å²) in [6.45, 7) is 1.43. The molecule has 1 heterocycles. The van der Waals surface area contributed by atoms with Gasteiger partial charge in [-0.15, -0.1) is 5.10 Å². The van der Waals surface area contributed by atoms with Gasteiger partial charge in [-0.2, -0.15) is 0 Å². The molecular weight excluding hydrogens is 300 g/mol. The average molecular weight is 309 g/mol. The number of nitrogens with zero attached hydrogens (tertiary/aromatic N) is 2. The Morgan fingerprint density at radius 1 is 1.33 bits per heavy atom. The van der Waals surface area contributed by atoms with Crippen molar-refractivity contribution in [1.82, 2.24) is 10.2 Å². The van der Waals surface area contributed by atoms with E-state index >= 15 is 0 Å². The van der Waals surface area contributed by atoms with Gasteiger partial charge < -0.3 is 15.4 Å². The van der Waals surface area contributed by atoms with Crippen LogP contribution in [0.2, 0.25) is 5.02 Å². The third-order valence-corrected chi connectivity index (χ3v) is 2.99. The molecule has 21 heavy (non-hydrogen) atoms. The summed E-state index contributed by atoms with van der Waals surface area (Å²) in [5.74, 6) is -1.34. The fourth-order valence-electron chi connectivity index (χ4n) is 1.57. The molecule has 0 aliphatic carbocycles. The maximum Gasteiger partial charge on any atom is 0.362 e. The first-order valence-electron chi connectivity index (χ1n) is 5.70. The Labute approximate surface area is 123 Å². The molecule has 0 aliphatic rings. The van der Waals surface area contributed by atoms with E-state index in [1.165, 1.54) is 19.1 Å². The molecule has 2 N–H and O–H groups in total. The van der Waals surface area contributed by atoms with E-state index in [1.54, 1.807) is 12.1 Å². The van der Waals surface area contributed by atoms with E-state index in [-0.39, 0.29) is 16.5 Å². The van der Waals surface area contributed by atoms with Crippen molar-refractivity contribution in [1.29, 1.82) is 0 Å². The number of Topliss-reactive ketones (excluding diaryl/α,β-unsaturated/α-hetero) is 1. The normalized spacial score (nSPS) is 10.2. The lowest BCUT2D eigenvalue weighted by Gasteiger charge is -2.03. The van der Waals surface area contributed by atoms with Crippen LogP contribution < -0.4 is 5.32 Å². The third kappa shape index (κ3) is 3.06. The fourth-order valence-corrected chi connectivity index (χ4v) is 1.81. The highest BCUT2D eigenvalue weighted by Gasteiger charge is 2.25. The lowest BCUT2D eigenvalue weighted by atomic mass is 10.1. The molecule has 9 heteroatoms. The zero-order valence-electron chi connectivity index (χ0n) is 10.7. The molecule has 2 rings (SSSR count). The average Bonchev–Trinajstić information content (AvgIpc) is 2.81. The number of hydrogen-bond donors (Lipinski definition) is 2. The van der Waals surface area contributed by atoms with Gasteiger partial charge in [-0.05, 0) is 36.1 Å². The number of nitro groups is 1. The van der Waals surface area contributed by atoms with Crippen LogP contribution in [0.5, 0.6) is 0 Å². The van der Waals surface area contributed by atoms with E-state index in [4.69, 9.17) is 11.6 Å². The van der Waals surface area contributed by atoms with E-state index in [9.17, 15) is 19.7 Å². The summed E-state index contributed by atoms with van der Waals surface area (Å²) in [6, 6.07) is 6.16. The second kappa shape index (κ2) is 5.71. The number of benzene rings is 1. The Balaban J connectivity index is 2.18. The zero-order valence-corrected chi connectivity index (χ0v) is 11.5. The minimum atomic E-state index is -0.770. The molecule has 1 aromatic carbocycles. The van der Waals surface area contributed by atoms with Crippen molar-refractivity contribution in [2.24, 2.45) is 0 Å². The lowest BCUT2D eigenvalue weighted by molar-refractivity contribution is -0.389. The van der Waals surface area contributed by atoms with Crippen LogP contribution in [0.15, 0.2) is 24.3 Å². The van der Waals surface area contributed by atoms with Gasteiger partial charge in [0.2, 0.25) is 0 Å². The van der Waals surface area contributed by atoms with Crippen LogP contribution in [0.25, 0.3) is 0 Å². The number of aromatic amines is 1. The number of ketones is 1. The van der Waals surface area contributed by atoms with Crippen molar-refractivity contribution in [2.45, 2.75) is 6.92 Å². The smallest absolute Gasteiger partial charge is 0.358 e. The summed E-state index contributed by atoms with van der Waals surface area (Å²) >= 11 is 5.71. The minimum absolute atomic E-state index is 0.0983. The number of amides is 1. The van der Waals surface area contributed by atoms with Gasteiger partial charge in [-0.3, -0.25) is 9.59 Å². The van der Waals surface area contributed by atoms with Gasteiger partial charge in [0.15, 0.2) is 16.5 Å². The Morgan fingerprint density at radius 2 is 1.95 bits per heavy atom. The molecule has 1 aromatic heterocycles. The molecule has 8 nitrogen and oxygen atoms in total. The Morgan fingerprint density at radius 3 is 2.43 bits per heavy atom. The third-order valence-electron chi connectivity index (χ3n) is 2.64. The van der Waals surface area contributed by atoms with Crippen LogP contribution in [0.1, 0.15) is 27.8 Å². The first-order chi connectivity index (χ1) is 9.90. The monoisotopic (exact) mass is 308 g/mol. The molecule has 0 saturated heterocycles. The van der Waals surface area contributed by atoms with Gasteiger partial charge in [-0.25, -0.2) is 0 Å². The quantitative estimate of drug-likeness (QED) is 0.511. The minimum Gasteiger partial charge on any atom is -0.358 e. The van der Waals surface area contributed by atoms with Crippen molar-refractivity contribution >= 4 is 34.8 Å². The highest BCUT2D eigenvalue weighted by atomic mass is 35.5. The second-order valence-electron chi connectivity index (χ2n) is 4.08. The molecule has 0 saturated carbocycles. The van der Waals surface area contributed by atoms with Crippen molar-refractivity contribution in [3.8, 4) is 0 Å². The summed E-state index contributed by atoms with van der Waals surface area (Å²) < 4.78 is 0. The highest BCUT2D eigenvalue weighted by Crippen LogP contribution is 2.25. The molecule has 0 unspecified atom stereocenters. The number of carbonyl (C=O) groups is 2. The SMILES string of the molecule is CC(=O)c1ccc(NC(=O)c2n[nH]c([N+](=O)[O-])c2Cl)cc1. The molecule has 0 fully saturated rings. The molecule has 0 radical (unpaired) electrons. The maximum absolute atomic E-state index is 11.9.